The van der Waals surface area contributed by atoms with Crippen LogP contribution in [0.4, 0.5) is 13.2 Å². The third-order valence-corrected chi connectivity index (χ3v) is 11.2. The van der Waals surface area contributed by atoms with Crippen LogP contribution in [0.3, 0.4) is 0 Å². The second-order valence-electron chi connectivity index (χ2n) is 17.9. The van der Waals surface area contributed by atoms with Gasteiger partial charge in [-0.1, -0.05) is 36.4 Å². The van der Waals surface area contributed by atoms with Crippen LogP contribution in [0.5, 0.6) is 11.5 Å². The van der Waals surface area contributed by atoms with Gasteiger partial charge in [0.2, 0.25) is 24.4 Å². The van der Waals surface area contributed by atoms with Gasteiger partial charge in [0.05, 0.1) is 5.60 Å². The number of amides is 2. The molecule has 13 nitrogen and oxygen atoms in total. The summed E-state index contributed by atoms with van der Waals surface area (Å²) in [5.41, 5.74) is 1.77. The number of rotatable bonds is 13. The molecule has 4 aromatic carbocycles. The molecule has 3 saturated heterocycles. The minimum atomic E-state index is -1.88. The van der Waals surface area contributed by atoms with Gasteiger partial charge in [0.15, 0.2) is 11.9 Å². The highest BCUT2D eigenvalue weighted by Crippen LogP contribution is 2.42. The number of hydrogen-bond donors (Lipinski definition) is 5. The number of aliphatic hydroxyl groups excluding tert-OH is 3. The lowest BCUT2D eigenvalue weighted by atomic mass is 9.90. The molecular weight excluding hydrogens is 850 g/mol. The number of alkyl halides is 1. The van der Waals surface area contributed by atoms with Gasteiger partial charge in [0, 0.05) is 40.2 Å². The highest BCUT2D eigenvalue weighted by Gasteiger charge is 2.58. The van der Waals surface area contributed by atoms with E-state index in [-0.39, 0.29) is 19.1 Å². The van der Waals surface area contributed by atoms with Crippen LogP contribution in [0, 0.1) is 11.6 Å². The maximum absolute atomic E-state index is 14.3. The van der Waals surface area contributed by atoms with E-state index >= 15 is 0 Å². The Bertz CT molecular complexity index is 2340. The fraction of sp³-hybridized carbons (Fsp3) is 0.469. The van der Waals surface area contributed by atoms with Gasteiger partial charge in [-0.15, -0.1) is 0 Å². The van der Waals surface area contributed by atoms with Crippen LogP contribution in [0.2, 0.25) is 0 Å². The second-order valence-corrected chi connectivity index (χ2v) is 17.9. The molecule has 3 fully saturated rings. The van der Waals surface area contributed by atoms with Gasteiger partial charge in [-0.05, 0) is 136 Å². The zero-order chi connectivity index (χ0) is 55.4. The Morgan fingerprint density at radius 3 is 1.63 bits per heavy atom. The number of aliphatic hydroxyl groups is 3. The van der Waals surface area contributed by atoms with Crippen molar-refractivity contribution in [2.45, 2.75) is 134 Å². The minimum absolute atomic E-state index is 0. The van der Waals surface area contributed by atoms with Crippen LogP contribution in [-0.4, -0.2) is 106 Å². The number of hydrogen-bond acceptors (Lipinski definition) is 11. The molecule has 16 heteroatoms. The van der Waals surface area contributed by atoms with Gasteiger partial charge in [-0.25, -0.2) is 13.2 Å². The third-order valence-electron chi connectivity index (χ3n) is 11.2. The van der Waals surface area contributed by atoms with Crippen molar-refractivity contribution in [3.8, 4) is 33.8 Å². The van der Waals surface area contributed by atoms with Gasteiger partial charge in [-0.3, -0.25) is 9.59 Å². The summed E-state index contributed by atoms with van der Waals surface area (Å²) in [6.45, 7) is 13.4. The first kappa shape index (κ1) is 43.8. The molecule has 0 aliphatic carbocycles. The van der Waals surface area contributed by atoms with E-state index in [1.807, 2.05) is 24.3 Å². The molecule has 0 aromatic heterocycles. The topological polar surface area (TPSA) is 174 Å². The normalized spacial score (nSPS) is 25.9. The van der Waals surface area contributed by atoms with Gasteiger partial charge in [0.1, 0.15) is 59.3 Å². The minimum Gasteiger partial charge on any atom is -0.462 e. The van der Waals surface area contributed by atoms with E-state index in [1.54, 1.807) is 64.1 Å². The molecule has 5 N–H and O–H groups in total. The Hall–Kier alpha value is -5.07. The lowest BCUT2D eigenvalue weighted by molar-refractivity contribution is -0.278. The molecule has 0 bridgehead atoms. The highest BCUT2D eigenvalue weighted by atomic mass is 19.1. The Morgan fingerprint density at radius 1 is 0.708 bits per heavy atom. The van der Waals surface area contributed by atoms with E-state index in [4.69, 9.17) is 40.3 Å². The molecule has 2 amide bonds. The van der Waals surface area contributed by atoms with Gasteiger partial charge < -0.3 is 54.4 Å². The van der Waals surface area contributed by atoms with Gasteiger partial charge in [-0.2, -0.15) is 0 Å². The van der Waals surface area contributed by atoms with Crippen molar-refractivity contribution in [3.05, 3.63) is 108 Å². The van der Waals surface area contributed by atoms with Crippen molar-refractivity contribution in [2.75, 3.05) is 13.1 Å². The Balaban J connectivity index is 0.000000647. The van der Waals surface area contributed by atoms with Crippen LogP contribution < -0.4 is 20.1 Å². The number of benzene rings is 4. The first-order valence-electron chi connectivity index (χ1n) is 25.5. The molecular formula is C49H69F3N2O11. The van der Waals surface area contributed by atoms with Crippen LogP contribution in [0.15, 0.2) is 84.9 Å². The fourth-order valence-corrected chi connectivity index (χ4v) is 8.06. The molecule has 2 unspecified atom stereocenters. The smallest absolute Gasteiger partial charge is 0.229 e. The molecule has 0 spiro atoms. The summed E-state index contributed by atoms with van der Waals surface area (Å²) in [4.78, 5) is 22.5. The summed E-state index contributed by atoms with van der Waals surface area (Å²) in [6, 6.07) is 23.0. The van der Waals surface area contributed by atoms with E-state index < -0.39 is 72.1 Å². The average molecular weight is 937 g/mol. The predicted octanol–water partition coefficient (Wildman–Crippen LogP) is 7.54. The summed E-state index contributed by atoms with van der Waals surface area (Å²) in [5.74, 6) is -1.08. The van der Waals surface area contributed by atoms with E-state index in [0.717, 1.165) is 16.7 Å². The zero-order valence-corrected chi connectivity index (χ0v) is 37.8. The summed E-state index contributed by atoms with van der Waals surface area (Å²) in [7, 11) is 0. The van der Waals surface area contributed by atoms with Crippen molar-refractivity contribution in [2.24, 2.45) is 0 Å². The van der Waals surface area contributed by atoms with Crippen molar-refractivity contribution in [3.63, 3.8) is 0 Å². The predicted molar refractivity (Wildman–Crippen MR) is 245 cm³/mol. The second kappa shape index (κ2) is 20.2. The molecule has 3 aliphatic rings. The molecule has 3 aliphatic heterocycles. The number of carbonyl (C=O) groups is 2. The number of nitrogens with one attached hydrogen (secondary N) is 2. The van der Waals surface area contributed by atoms with E-state index in [2.05, 4.69) is 10.6 Å². The maximum Gasteiger partial charge on any atom is 0.229 e. The SMILES string of the molecule is CC(=O)NCCc1ccc(OC2OC(C(C)(C)F)[C@@H](O)[C@H]2O)cc1-c1cccc(F)c1.CC(=O)NCCc1ccc(O[C@@H]2OC(C)(C)[C@H](O)[C@H]3OC(C)(C)O[C@@H]23)cc1-c1cccc(F)c1.[3HH].[3H][3H].[3H][3H].[3H][3H].[3H][3H]. The van der Waals surface area contributed by atoms with Crippen LogP contribution in [0.25, 0.3) is 22.3 Å². The molecule has 7 rings (SSSR count). The largest absolute Gasteiger partial charge is 0.462 e. The average Bonchev–Trinajstić information content (AvgIpc) is 3.84. The van der Waals surface area contributed by atoms with Crippen molar-refractivity contribution < 1.29 is 79.8 Å². The number of carbonyl (C=O) groups excluding carboxylic acids is 2. The van der Waals surface area contributed by atoms with Gasteiger partial charge in [0.25, 0.3) is 0 Å². The molecule has 8 atom stereocenters. The summed E-state index contributed by atoms with van der Waals surface area (Å²) >= 11 is 0. The lowest BCUT2D eigenvalue weighted by Crippen LogP contribution is -2.62. The quantitative estimate of drug-likeness (QED) is 0.0897. The molecule has 362 valence electrons. The van der Waals surface area contributed by atoms with E-state index in [1.165, 1.54) is 52.0 Å². The van der Waals surface area contributed by atoms with Gasteiger partial charge >= 0.3 is 0 Å². The van der Waals surface area contributed by atoms with Crippen molar-refractivity contribution in [1.29, 1.82) is 0 Å². The number of halogens is 3. The summed E-state index contributed by atoms with van der Waals surface area (Å²) in [5, 5.41) is 36.6. The summed E-state index contributed by atoms with van der Waals surface area (Å²) in [6.07, 6.45) is -7.26. The zero-order valence-electron chi connectivity index (χ0n) is 45.8. The first-order chi connectivity index (χ1) is 34.5. The molecule has 65 heavy (non-hydrogen) atoms. The molecule has 3 heterocycles. The highest BCUT2D eigenvalue weighted by molar-refractivity contribution is 5.74. The van der Waals surface area contributed by atoms with E-state index in [9.17, 15) is 38.1 Å². The molecule has 4 aromatic rings. The Kier molecular flexibility index (Phi) is 13.6. The fourth-order valence-electron chi connectivity index (χ4n) is 8.06. The Morgan fingerprint density at radius 2 is 1.18 bits per heavy atom. The van der Waals surface area contributed by atoms with Crippen molar-refractivity contribution >= 4 is 11.8 Å². The van der Waals surface area contributed by atoms with Crippen molar-refractivity contribution in [1.82, 2.24) is 10.6 Å². The number of ether oxygens (including phenoxy) is 6. The molecule has 0 saturated carbocycles. The molecule has 0 radical (unpaired) electrons. The van der Waals surface area contributed by atoms with Crippen LogP contribution >= 0.6 is 0 Å². The van der Waals surface area contributed by atoms with Crippen LogP contribution in [0.1, 0.15) is 79.8 Å². The standard InChI is InChI=1S/C26H32FNO6.C23H27F2NO5.5H2/c1-15(29)28-12-11-16-9-10-19(14-20(16)17-7-6-8-18(27)13-17)31-24-22-21(32-26(4,5)33-22)23(30)25(2,3)34-24;1-13(27)26-10-9-14-7-8-17(12-18(14)15-5-4-6-16(24)11-15)30-22-20(29)19(28)21(31-22)23(2,3)25;;;;;/h6-10,13-14,21-24,30H,11-12H2,1-5H3,(H,28,29);4-8,11-12,19-22,28-29H,9-10H2,1-3H3,(H,26,27);5*1H/t21-,22+,23+,24+;19-,20+,21?,22?;;;;;/m00...../s1/i;;4*1+2T;1+2. The first-order valence-corrected chi connectivity index (χ1v) is 21.5. The number of fused-ring (bicyclic) bond motifs is 1. The van der Waals surface area contributed by atoms with E-state index in [0.29, 0.717) is 54.1 Å². The third kappa shape index (κ3) is 12.4. The Labute approximate surface area is 391 Å². The lowest BCUT2D eigenvalue weighted by Gasteiger charge is -2.44. The maximum atomic E-state index is 14.3. The van der Waals surface area contributed by atoms with Crippen LogP contribution in [-0.2, 0) is 41.4 Å². The monoisotopic (exact) mass is 937 g/mol. The summed E-state index contributed by atoms with van der Waals surface area (Å²) < 4.78 is 118.